The molecule has 0 bridgehead atoms. The minimum Gasteiger partial charge on any atom is -0.328 e. The maximum atomic E-state index is 6.31. The SMILES string of the molecule is NC(CCC1CCCCC1)CC1CCSCC1. The van der Waals surface area contributed by atoms with Crippen molar-refractivity contribution in [3.05, 3.63) is 0 Å². The van der Waals surface area contributed by atoms with Crippen LogP contribution in [0.1, 0.15) is 64.2 Å². The van der Waals surface area contributed by atoms with Gasteiger partial charge in [0.25, 0.3) is 0 Å². The van der Waals surface area contributed by atoms with Gasteiger partial charge in [0.05, 0.1) is 0 Å². The number of hydrogen-bond acceptors (Lipinski definition) is 2. The van der Waals surface area contributed by atoms with Gasteiger partial charge in [0, 0.05) is 6.04 Å². The second kappa shape index (κ2) is 7.68. The van der Waals surface area contributed by atoms with E-state index in [9.17, 15) is 0 Å². The van der Waals surface area contributed by atoms with Gasteiger partial charge >= 0.3 is 0 Å². The van der Waals surface area contributed by atoms with Crippen LogP contribution < -0.4 is 5.73 Å². The highest BCUT2D eigenvalue weighted by Gasteiger charge is 2.19. The Labute approximate surface area is 111 Å². The third-order valence-electron chi connectivity index (χ3n) is 4.65. The van der Waals surface area contributed by atoms with E-state index in [1.165, 1.54) is 75.7 Å². The average Bonchev–Trinajstić information content (AvgIpc) is 2.39. The van der Waals surface area contributed by atoms with Gasteiger partial charge in [-0.2, -0.15) is 11.8 Å². The molecule has 0 aromatic rings. The number of hydrogen-bond donors (Lipinski definition) is 1. The third-order valence-corrected chi connectivity index (χ3v) is 5.70. The Hall–Kier alpha value is 0.310. The van der Waals surface area contributed by atoms with Crippen LogP contribution in [0, 0.1) is 11.8 Å². The van der Waals surface area contributed by atoms with Gasteiger partial charge in [-0.15, -0.1) is 0 Å². The van der Waals surface area contributed by atoms with Gasteiger partial charge in [0.2, 0.25) is 0 Å². The van der Waals surface area contributed by atoms with Crippen LogP contribution >= 0.6 is 11.8 Å². The lowest BCUT2D eigenvalue weighted by molar-refractivity contribution is 0.308. The molecule has 0 aromatic heterocycles. The van der Waals surface area contributed by atoms with Gasteiger partial charge in [-0.1, -0.05) is 32.1 Å². The van der Waals surface area contributed by atoms with Crippen molar-refractivity contribution in [3.8, 4) is 0 Å². The molecule has 2 N–H and O–H groups in total. The predicted molar refractivity (Wildman–Crippen MR) is 78.5 cm³/mol. The fourth-order valence-electron chi connectivity index (χ4n) is 3.45. The molecule has 0 radical (unpaired) electrons. The quantitative estimate of drug-likeness (QED) is 0.796. The summed E-state index contributed by atoms with van der Waals surface area (Å²) in [6, 6.07) is 0.491. The molecule has 1 heterocycles. The lowest BCUT2D eigenvalue weighted by atomic mass is 9.84. The van der Waals surface area contributed by atoms with Crippen LogP contribution in [0.25, 0.3) is 0 Å². The molecule has 2 heteroatoms. The maximum absolute atomic E-state index is 6.31. The Balaban J connectivity index is 1.57. The van der Waals surface area contributed by atoms with Crippen LogP contribution in [0.4, 0.5) is 0 Å². The second-order valence-corrected chi connectivity index (χ2v) is 7.36. The first-order valence-corrected chi connectivity index (χ1v) is 8.83. The molecule has 1 nitrogen and oxygen atoms in total. The molecule has 1 aliphatic heterocycles. The van der Waals surface area contributed by atoms with Crippen molar-refractivity contribution in [2.75, 3.05) is 11.5 Å². The molecule has 100 valence electrons. The average molecular weight is 255 g/mol. The van der Waals surface area contributed by atoms with E-state index in [2.05, 4.69) is 11.8 Å². The highest BCUT2D eigenvalue weighted by atomic mass is 32.2. The standard InChI is InChI=1S/C15H29NS/c16-15(12-14-8-10-17-11-9-14)7-6-13-4-2-1-3-5-13/h13-15H,1-12,16H2. The summed E-state index contributed by atoms with van der Waals surface area (Å²) in [6.45, 7) is 0. The molecule has 2 aliphatic rings. The van der Waals surface area contributed by atoms with Crippen molar-refractivity contribution in [3.63, 3.8) is 0 Å². The minimum atomic E-state index is 0.491. The molecule has 0 aromatic carbocycles. The van der Waals surface area contributed by atoms with Gasteiger partial charge in [-0.05, 0) is 55.4 Å². The maximum Gasteiger partial charge on any atom is 0.00415 e. The van der Waals surface area contributed by atoms with Crippen LogP contribution in [0.5, 0.6) is 0 Å². The van der Waals surface area contributed by atoms with Crippen molar-refractivity contribution in [1.82, 2.24) is 0 Å². The van der Waals surface area contributed by atoms with Crippen molar-refractivity contribution >= 4 is 11.8 Å². The zero-order valence-electron chi connectivity index (χ0n) is 11.2. The first-order valence-electron chi connectivity index (χ1n) is 7.68. The molecule has 1 saturated carbocycles. The Kier molecular flexibility index (Phi) is 6.21. The van der Waals surface area contributed by atoms with E-state index in [1.54, 1.807) is 0 Å². The minimum absolute atomic E-state index is 0.491. The van der Waals surface area contributed by atoms with Crippen molar-refractivity contribution in [2.45, 2.75) is 70.3 Å². The van der Waals surface area contributed by atoms with Gasteiger partial charge in [-0.25, -0.2) is 0 Å². The molecule has 1 aliphatic carbocycles. The second-order valence-electron chi connectivity index (χ2n) is 6.13. The zero-order chi connectivity index (χ0) is 11.9. The van der Waals surface area contributed by atoms with Crippen LogP contribution in [0.3, 0.4) is 0 Å². The molecule has 2 rings (SSSR count). The van der Waals surface area contributed by atoms with Gasteiger partial charge in [0.15, 0.2) is 0 Å². The lowest BCUT2D eigenvalue weighted by Gasteiger charge is -2.26. The van der Waals surface area contributed by atoms with E-state index >= 15 is 0 Å². The van der Waals surface area contributed by atoms with Gasteiger partial charge < -0.3 is 5.73 Å². The van der Waals surface area contributed by atoms with E-state index in [0.29, 0.717) is 6.04 Å². The van der Waals surface area contributed by atoms with Crippen molar-refractivity contribution in [1.29, 1.82) is 0 Å². The normalized spacial score (nSPS) is 25.9. The first-order chi connectivity index (χ1) is 8.34. The topological polar surface area (TPSA) is 26.0 Å². The summed E-state index contributed by atoms with van der Waals surface area (Å²) >= 11 is 2.12. The summed E-state index contributed by atoms with van der Waals surface area (Å²) < 4.78 is 0. The Morgan fingerprint density at radius 3 is 2.35 bits per heavy atom. The first kappa shape index (κ1) is 13.7. The molecular formula is C15H29NS. The van der Waals surface area contributed by atoms with Crippen molar-refractivity contribution in [2.24, 2.45) is 17.6 Å². The highest BCUT2D eigenvalue weighted by molar-refractivity contribution is 7.99. The predicted octanol–water partition coefficient (Wildman–Crippen LogP) is 4.21. The highest BCUT2D eigenvalue weighted by Crippen LogP contribution is 2.30. The summed E-state index contributed by atoms with van der Waals surface area (Å²) in [4.78, 5) is 0. The third kappa shape index (κ3) is 5.21. The molecule has 1 atom stereocenters. The lowest BCUT2D eigenvalue weighted by Crippen LogP contribution is -2.26. The molecule has 17 heavy (non-hydrogen) atoms. The van der Waals surface area contributed by atoms with Crippen molar-refractivity contribution < 1.29 is 0 Å². The molecule has 1 saturated heterocycles. The molecule has 0 spiro atoms. The van der Waals surface area contributed by atoms with E-state index in [1.807, 2.05) is 0 Å². The van der Waals surface area contributed by atoms with Gasteiger partial charge in [-0.3, -0.25) is 0 Å². The van der Waals surface area contributed by atoms with Gasteiger partial charge in [0.1, 0.15) is 0 Å². The number of thioether (sulfide) groups is 1. The summed E-state index contributed by atoms with van der Waals surface area (Å²) in [7, 11) is 0. The van der Waals surface area contributed by atoms with Crippen LogP contribution in [0.2, 0.25) is 0 Å². The molecule has 2 fully saturated rings. The fraction of sp³-hybridized carbons (Fsp3) is 1.00. The molecule has 1 unspecified atom stereocenters. The number of rotatable bonds is 5. The Bertz CT molecular complexity index is 195. The van der Waals surface area contributed by atoms with Crippen LogP contribution in [-0.2, 0) is 0 Å². The summed E-state index contributed by atoms with van der Waals surface area (Å²) in [6.07, 6.45) is 14.2. The Morgan fingerprint density at radius 2 is 1.65 bits per heavy atom. The number of nitrogens with two attached hydrogens (primary N) is 1. The monoisotopic (exact) mass is 255 g/mol. The summed E-state index contributed by atoms with van der Waals surface area (Å²) in [5.41, 5.74) is 6.31. The fourth-order valence-corrected chi connectivity index (χ4v) is 4.66. The summed E-state index contributed by atoms with van der Waals surface area (Å²) in [5, 5.41) is 0. The van der Waals surface area contributed by atoms with E-state index in [4.69, 9.17) is 5.73 Å². The van der Waals surface area contributed by atoms with Crippen LogP contribution in [-0.4, -0.2) is 17.5 Å². The van der Waals surface area contributed by atoms with Crippen LogP contribution in [0.15, 0.2) is 0 Å². The largest absolute Gasteiger partial charge is 0.328 e. The van der Waals surface area contributed by atoms with E-state index in [-0.39, 0.29) is 0 Å². The smallest absolute Gasteiger partial charge is 0.00415 e. The zero-order valence-corrected chi connectivity index (χ0v) is 12.0. The van der Waals surface area contributed by atoms with E-state index in [0.717, 1.165) is 11.8 Å². The summed E-state index contributed by atoms with van der Waals surface area (Å²) in [5.74, 6) is 4.70. The molecule has 0 amide bonds. The Morgan fingerprint density at radius 1 is 0.941 bits per heavy atom. The van der Waals surface area contributed by atoms with E-state index < -0.39 is 0 Å². The molecular weight excluding hydrogens is 226 g/mol.